The highest BCUT2D eigenvalue weighted by Crippen LogP contribution is 2.36. The number of rotatable bonds is 4. The Bertz CT molecular complexity index is 283. The van der Waals surface area contributed by atoms with Gasteiger partial charge in [-0.3, -0.25) is 0 Å². The van der Waals surface area contributed by atoms with Gasteiger partial charge in [0.25, 0.3) is 0 Å². The molecular formula is C13H28O4Si. The third kappa shape index (κ3) is 4.03. The minimum Gasteiger partial charge on any atom is -0.414 e. The van der Waals surface area contributed by atoms with Crippen molar-refractivity contribution in [3.05, 3.63) is 0 Å². The average Bonchev–Trinajstić information content (AvgIpc) is 2.53. The van der Waals surface area contributed by atoms with Crippen LogP contribution in [-0.4, -0.2) is 44.6 Å². The second kappa shape index (κ2) is 5.21. The predicted molar refractivity (Wildman–Crippen MR) is 74.1 cm³/mol. The number of aliphatic hydroxyl groups is 1. The van der Waals surface area contributed by atoms with E-state index in [1.54, 1.807) is 0 Å². The summed E-state index contributed by atoms with van der Waals surface area (Å²) >= 11 is 0. The summed E-state index contributed by atoms with van der Waals surface area (Å²) in [5.74, 6) is -0.595. The van der Waals surface area contributed by atoms with Crippen LogP contribution < -0.4 is 0 Å². The van der Waals surface area contributed by atoms with Crippen molar-refractivity contribution in [2.45, 2.75) is 70.7 Å². The SMILES string of the molecule is CC1(C)OCC(C(O)CO[Si](C)(C)C(C)(C)C)O1. The minimum absolute atomic E-state index is 0.152. The Hall–Kier alpha value is 0.0569. The lowest BCUT2D eigenvalue weighted by atomic mass is 10.2. The maximum absolute atomic E-state index is 10.1. The van der Waals surface area contributed by atoms with Crippen molar-refractivity contribution in [2.24, 2.45) is 0 Å². The summed E-state index contributed by atoms with van der Waals surface area (Å²) in [5, 5.41) is 10.3. The third-order valence-electron chi connectivity index (χ3n) is 3.88. The molecule has 0 aromatic carbocycles. The number of ether oxygens (including phenoxy) is 2. The van der Waals surface area contributed by atoms with Crippen molar-refractivity contribution in [3.63, 3.8) is 0 Å². The summed E-state index contributed by atoms with van der Waals surface area (Å²) in [4.78, 5) is 0. The quantitative estimate of drug-likeness (QED) is 0.802. The number of hydrogen-bond donors (Lipinski definition) is 1. The van der Waals surface area contributed by atoms with Gasteiger partial charge in [-0.25, -0.2) is 0 Å². The van der Waals surface area contributed by atoms with Crippen molar-refractivity contribution in [2.75, 3.05) is 13.2 Å². The zero-order valence-electron chi connectivity index (χ0n) is 12.7. The van der Waals surface area contributed by atoms with Crippen LogP contribution in [-0.2, 0) is 13.9 Å². The predicted octanol–water partition coefficient (Wildman–Crippen LogP) is 2.52. The molecule has 1 aliphatic rings. The van der Waals surface area contributed by atoms with E-state index < -0.39 is 20.2 Å². The largest absolute Gasteiger partial charge is 0.414 e. The molecule has 2 unspecified atom stereocenters. The highest BCUT2D eigenvalue weighted by atomic mass is 28.4. The molecule has 1 rings (SSSR count). The molecule has 108 valence electrons. The first kappa shape index (κ1) is 16.1. The van der Waals surface area contributed by atoms with Gasteiger partial charge in [-0.2, -0.15) is 0 Å². The average molecular weight is 276 g/mol. The van der Waals surface area contributed by atoms with Crippen LogP contribution in [0.15, 0.2) is 0 Å². The Labute approximate surface area is 112 Å². The van der Waals surface area contributed by atoms with Crippen molar-refractivity contribution >= 4 is 8.32 Å². The highest BCUT2D eigenvalue weighted by Gasteiger charge is 2.40. The van der Waals surface area contributed by atoms with Gasteiger partial charge in [0.05, 0.1) is 13.2 Å². The fourth-order valence-electron chi connectivity index (χ4n) is 1.52. The van der Waals surface area contributed by atoms with Gasteiger partial charge in [0.15, 0.2) is 14.1 Å². The molecule has 0 aromatic rings. The minimum atomic E-state index is -1.81. The molecule has 0 amide bonds. The topological polar surface area (TPSA) is 47.9 Å². The summed E-state index contributed by atoms with van der Waals surface area (Å²) in [7, 11) is -1.81. The molecule has 1 fully saturated rings. The van der Waals surface area contributed by atoms with Crippen LogP contribution >= 0.6 is 0 Å². The van der Waals surface area contributed by atoms with E-state index in [2.05, 4.69) is 33.9 Å². The summed E-state index contributed by atoms with van der Waals surface area (Å²) in [6.07, 6.45) is -0.911. The normalized spacial score (nSPS) is 26.3. The van der Waals surface area contributed by atoms with E-state index in [0.717, 1.165) is 0 Å². The van der Waals surface area contributed by atoms with Crippen LogP contribution in [0.1, 0.15) is 34.6 Å². The standard InChI is InChI=1S/C13H28O4Si/c1-12(2,3)18(6,7)16-8-10(14)11-9-15-13(4,5)17-11/h10-11,14H,8-9H2,1-7H3. The van der Waals surface area contributed by atoms with E-state index in [9.17, 15) is 5.11 Å². The Morgan fingerprint density at radius 1 is 1.39 bits per heavy atom. The molecule has 1 saturated heterocycles. The lowest BCUT2D eigenvalue weighted by Crippen LogP contribution is -2.45. The van der Waals surface area contributed by atoms with Crippen LogP contribution in [0.2, 0.25) is 18.1 Å². The maximum Gasteiger partial charge on any atom is 0.192 e. The van der Waals surface area contributed by atoms with Gasteiger partial charge in [0, 0.05) is 0 Å². The Morgan fingerprint density at radius 3 is 2.33 bits per heavy atom. The molecule has 0 aliphatic carbocycles. The lowest BCUT2D eigenvalue weighted by molar-refractivity contribution is -0.153. The fourth-order valence-corrected chi connectivity index (χ4v) is 2.54. The van der Waals surface area contributed by atoms with Gasteiger partial charge < -0.3 is 19.0 Å². The molecule has 4 nitrogen and oxygen atoms in total. The van der Waals surface area contributed by atoms with E-state index in [0.29, 0.717) is 13.2 Å². The summed E-state index contributed by atoms with van der Waals surface area (Å²) in [6.45, 7) is 15.4. The molecule has 0 saturated carbocycles. The number of hydrogen-bond acceptors (Lipinski definition) is 4. The summed E-state index contributed by atoms with van der Waals surface area (Å²) in [5.41, 5.74) is 0. The molecule has 1 heterocycles. The zero-order valence-corrected chi connectivity index (χ0v) is 13.7. The molecule has 5 heteroatoms. The van der Waals surface area contributed by atoms with Crippen molar-refractivity contribution in [1.82, 2.24) is 0 Å². The van der Waals surface area contributed by atoms with Gasteiger partial charge in [-0.1, -0.05) is 20.8 Å². The smallest absolute Gasteiger partial charge is 0.192 e. The van der Waals surface area contributed by atoms with Crippen molar-refractivity contribution in [1.29, 1.82) is 0 Å². The second-order valence-electron chi connectivity index (χ2n) is 7.01. The molecule has 0 radical (unpaired) electrons. The van der Waals surface area contributed by atoms with Crippen LogP contribution in [0, 0.1) is 0 Å². The van der Waals surface area contributed by atoms with Gasteiger partial charge in [0.1, 0.15) is 12.2 Å². The molecule has 2 atom stereocenters. The van der Waals surface area contributed by atoms with Crippen LogP contribution in [0.3, 0.4) is 0 Å². The Morgan fingerprint density at radius 2 is 1.94 bits per heavy atom. The van der Waals surface area contributed by atoms with Crippen LogP contribution in [0.5, 0.6) is 0 Å². The van der Waals surface area contributed by atoms with E-state index in [1.165, 1.54) is 0 Å². The van der Waals surface area contributed by atoms with Gasteiger partial charge in [-0.15, -0.1) is 0 Å². The number of aliphatic hydroxyl groups excluding tert-OH is 1. The molecule has 1 N–H and O–H groups in total. The van der Waals surface area contributed by atoms with Crippen LogP contribution in [0.4, 0.5) is 0 Å². The van der Waals surface area contributed by atoms with E-state index in [1.807, 2.05) is 13.8 Å². The van der Waals surface area contributed by atoms with E-state index in [4.69, 9.17) is 13.9 Å². The first-order valence-corrected chi connectivity index (χ1v) is 9.49. The Kier molecular flexibility index (Phi) is 4.66. The lowest BCUT2D eigenvalue weighted by Gasteiger charge is -2.37. The van der Waals surface area contributed by atoms with E-state index >= 15 is 0 Å². The first-order valence-electron chi connectivity index (χ1n) is 6.58. The van der Waals surface area contributed by atoms with E-state index in [-0.39, 0.29) is 11.1 Å². The maximum atomic E-state index is 10.1. The molecule has 0 bridgehead atoms. The molecule has 18 heavy (non-hydrogen) atoms. The second-order valence-corrected chi connectivity index (χ2v) is 11.8. The van der Waals surface area contributed by atoms with Crippen molar-refractivity contribution < 1.29 is 19.0 Å². The molecule has 0 aromatic heterocycles. The van der Waals surface area contributed by atoms with Crippen molar-refractivity contribution in [3.8, 4) is 0 Å². The van der Waals surface area contributed by atoms with Gasteiger partial charge in [0.2, 0.25) is 0 Å². The third-order valence-corrected chi connectivity index (χ3v) is 8.38. The van der Waals surface area contributed by atoms with Crippen LogP contribution in [0.25, 0.3) is 0 Å². The summed E-state index contributed by atoms with van der Waals surface area (Å²) in [6, 6.07) is 0. The summed E-state index contributed by atoms with van der Waals surface area (Å²) < 4.78 is 17.1. The monoisotopic (exact) mass is 276 g/mol. The zero-order chi connectivity index (χ0) is 14.2. The fraction of sp³-hybridized carbons (Fsp3) is 1.00. The molecule has 0 spiro atoms. The Balaban J connectivity index is 2.45. The highest BCUT2D eigenvalue weighted by molar-refractivity contribution is 6.74. The van der Waals surface area contributed by atoms with Gasteiger partial charge >= 0.3 is 0 Å². The molecular weight excluding hydrogens is 248 g/mol. The first-order chi connectivity index (χ1) is 7.95. The van der Waals surface area contributed by atoms with Gasteiger partial charge in [-0.05, 0) is 32.0 Å². The molecule has 1 aliphatic heterocycles.